The van der Waals surface area contributed by atoms with Crippen LogP contribution in [0.15, 0.2) is 48.5 Å². The van der Waals surface area contributed by atoms with Gasteiger partial charge in [0.1, 0.15) is 5.82 Å². The van der Waals surface area contributed by atoms with Crippen molar-refractivity contribution in [2.45, 2.75) is 25.9 Å². The topological polar surface area (TPSA) is 69.6 Å². The van der Waals surface area contributed by atoms with E-state index >= 15 is 0 Å². The van der Waals surface area contributed by atoms with Gasteiger partial charge in [0, 0.05) is 19.6 Å². The SMILES string of the molecule is CC(Cc1cccc(F)c1)N(C)C(=O)NCc1ccc(C(=O)O)cc1. The average molecular weight is 344 g/mol. The van der Waals surface area contributed by atoms with Gasteiger partial charge in [-0.2, -0.15) is 0 Å². The molecule has 0 aromatic heterocycles. The first-order valence-corrected chi connectivity index (χ1v) is 7.94. The second kappa shape index (κ2) is 8.28. The molecule has 0 radical (unpaired) electrons. The summed E-state index contributed by atoms with van der Waals surface area (Å²) in [6.07, 6.45) is 0.551. The molecule has 0 bridgehead atoms. The molecule has 2 N–H and O–H groups in total. The van der Waals surface area contributed by atoms with Gasteiger partial charge in [-0.25, -0.2) is 14.0 Å². The molecule has 2 amide bonds. The molecule has 25 heavy (non-hydrogen) atoms. The summed E-state index contributed by atoms with van der Waals surface area (Å²) >= 11 is 0. The van der Waals surface area contributed by atoms with Crippen molar-refractivity contribution in [3.63, 3.8) is 0 Å². The van der Waals surface area contributed by atoms with Crippen LogP contribution in [0.5, 0.6) is 0 Å². The molecular formula is C19H21FN2O3. The third-order valence-electron chi connectivity index (χ3n) is 4.05. The number of nitrogens with zero attached hydrogens (tertiary/aromatic N) is 1. The van der Waals surface area contributed by atoms with Gasteiger partial charge >= 0.3 is 12.0 Å². The predicted octanol–water partition coefficient (Wildman–Crippen LogP) is 3.30. The highest BCUT2D eigenvalue weighted by molar-refractivity contribution is 5.87. The quantitative estimate of drug-likeness (QED) is 0.845. The number of carbonyl (C=O) groups is 2. The number of carbonyl (C=O) groups excluding carboxylic acids is 1. The van der Waals surface area contributed by atoms with Gasteiger partial charge in [0.25, 0.3) is 0 Å². The van der Waals surface area contributed by atoms with E-state index in [9.17, 15) is 14.0 Å². The Morgan fingerprint density at radius 3 is 2.44 bits per heavy atom. The van der Waals surface area contributed by atoms with E-state index in [4.69, 9.17) is 5.11 Å². The standard InChI is InChI=1S/C19H21FN2O3/c1-13(10-15-4-3-5-17(20)11-15)22(2)19(25)21-12-14-6-8-16(9-7-14)18(23)24/h3-9,11,13H,10,12H2,1-2H3,(H,21,25)(H,23,24). The minimum atomic E-state index is -0.985. The number of hydrogen-bond acceptors (Lipinski definition) is 2. The van der Waals surface area contributed by atoms with Crippen LogP contribution in [0, 0.1) is 5.82 Å². The number of carboxylic acid groups (broad SMARTS) is 1. The molecule has 0 aliphatic heterocycles. The van der Waals surface area contributed by atoms with Gasteiger partial charge in [0.2, 0.25) is 0 Å². The number of amides is 2. The van der Waals surface area contributed by atoms with Crippen molar-refractivity contribution < 1.29 is 19.1 Å². The first-order chi connectivity index (χ1) is 11.9. The minimum absolute atomic E-state index is 0.101. The molecule has 0 heterocycles. The Labute approximate surface area is 146 Å². The number of rotatable bonds is 6. The number of benzene rings is 2. The summed E-state index contributed by atoms with van der Waals surface area (Å²) in [5.74, 6) is -1.27. The highest BCUT2D eigenvalue weighted by Gasteiger charge is 2.16. The summed E-state index contributed by atoms with van der Waals surface area (Å²) in [6.45, 7) is 2.20. The Kier molecular flexibility index (Phi) is 6.11. The maximum atomic E-state index is 13.2. The van der Waals surface area contributed by atoms with E-state index < -0.39 is 5.97 Å². The van der Waals surface area contributed by atoms with E-state index in [2.05, 4.69) is 5.32 Å². The van der Waals surface area contributed by atoms with E-state index in [0.29, 0.717) is 13.0 Å². The molecule has 1 atom stereocenters. The lowest BCUT2D eigenvalue weighted by Gasteiger charge is -2.25. The summed E-state index contributed by atoms with van der Waals surface area (Å²) in [6, 6.07) is 12.3. The summed E-state index contributed by atoms with van der Waals surface area (Å²) in [7, 11) is 1.69. The number of aromatic carboxylic acids is 1. The number of carboxylic acids is 1. The van der Waals surface area contributed by atoms with Crippen molar-refractivity contribution in [1.82, 2.24) is 10.2 Å². The highest BCUT2D eigenvalue weighted by atomic mass is 19.1. The molecule has 0 saturated heterocycles. The Hall–Kier alpha value is -2.89. The fourth-order valence-corrected chi connectivity index (χ4v) is 2.41. The third kappa shape index (κ3) is 5.31. The molecule has 0 aliphatic carbocycles. The number of urea groups is 1. The van der Waals surface area contributed by atoms with Crippen LogP contribution >= 0.6 is 0 Å². The average Bonchev–Trinajstić information content (AvgIpc) is 2.59. The Morgan fingerprint density at radius 1 is 1.16 bits per heavy atom. The number of likely N-dealkylation sites (N-methyl/N-ethyl adjacent to an activating group) is 1. The monoisotopic (exact) mass is 344 g/mol. The predicted molar refractivity (Wildman–Crippen MR) is 93.0 cm³/mol. The third-order valence-corrected chi connectivity index (χ3v) is 4.05. The van der Waals surface area contributed by atoms with Crippen molar-refractivity contribution >= 4 is 12.0 Å². The van der Waals surface area contributed by atoms with Crippen LogP contribution in [0.1, 0.15) is 28.4 Å². The zero-order valence-corrected chi connectivity index (χ0v) is 14.2. The van der Waals surface area contributed by atoms with Crippen LogP contribution < -0.4 is 5.32 Å². The van der Waals surface area contributed by atoms with Crippen molar-refractivity contribution in [3.8, 4) is 0 Å². The maximum absolute atomic E-state index is 13.2. The van der Waals surface area contributed by atoms with Crippen molar-refractivity contribution in [2.24, 2.45) is 0 Å². The maximum Gasteiger partial charge on any atom is 0.335 e. The van der Waals surface area contributed by atoms with Gasteiger partial charge in [0.15, 0.2) is 0 Å². The lowest BCUT2D eigenvalue weighted by atomic mass is 10.1. The van der Waals surface area contributed by atoms with Crippen LogP contribution in [0.4, 0.5) is 9.18 Å². The van der Waals surface area contributed by atoms with Crippen LogP contribution in [-0.4, -0.2) is 35.1 Å². The molecule has 6 heteroatoms. The molecule has 2 aromatic carbocycles. The van der Waals surface area contributed by atoms with E-state index in [0.717, 1.165) is 11.1 Å². The summed E-state index contributed by atoms with van der Waals surface area (Å²) < 4.78 is 13.2. The van der Waals surface area contributed by atoms with E-state index in [1.165, 1.54) is 24.3 Å². The first-order valence-electron chi connectivity index (χ1n) is 7.94. The zero-order chi connectivity index (χ0) is 18.4. The molecule has 2 rings (SSSR count). The zero-order valence-electron chi connectivity index (χ0n) is 14.2. The van der Waals surface area contributed by atoms with Crippen LogP contribution in [0.25, 0.3) is 0 Å². The largest absolute Gasteiger partial charge is 0.478 e. The smallest absolute Gasteiger partial charge is 0.335 e. The first kappa shape index (κ1) is 18.4. The second-order valence-corrected chi connectivity index (χ2v) is 5.95. The van der Waals surface area contributed by atoms with Crippen molar-refractivity contribution in [1.29, 1.82) is 0 Å². The number of hydrogen-bond donors (Lipinski definition) is 2. The summed E-state index contributed by atoms with van der Waals surface area (Å²) in [5, 5.41) is 11.7. The molecule has 132 valence electrons. The van der Waals surface area contributed by atoms with Gasteiger partial charge in [-0.1, -0.05) is 24.3 Å². The van der Waals surface area contributed by atoms with Crippen molar-refractivity contribution in [3.05, 3.63) is 71.0 Å². The fourth-order valence-electron chi connectivity index (χ4n) is 2.41. The molecule has 0 aliphatic rings. The lowest BCUT2D eigenvalue weighted by Crippen LogP contribution is -2.43. The Balaban J connectivity index is 1.87. The molecular weight excluding hydrogens is 323 g/mol. The van der Waals surface area contributed by atoms with Gasteiger partial charge in [0.05, 0.1) is 5.56 Å². The van der Waals surface area contributed by atoms with E-state index in [1.807, 2.05) is 13.0 Å². The molecule has 0 saturated carbocycles. The summed E-state index contributed by atoms with van der Waals surface area (Å²) in [5.41, 5.74) is 1.84. The Bertz CT molecular complexity index is 747. The second-order valence-electron chi connectivity index (χ2n) is 5.95. The summed E-state index contributed by atoms with van der Waals surface area (Å²) in [4.78, 5) is 24.6. The molecule has 2 aromatic rings. The molecule has 1 unspecified atom stereocenters. The van der Waals surface area contributed by atoms with Crippen LogP contribution in [0.2, 0.25) is 0 Å². The minimum Gasteiger partial charge on any atom is -0.478 e. The fraction of sp³-hybridized carbons (Fsp3) is 0.263. The number of halogens is 1. The van der Waals surface area contributed by atoms with Crippen LogP contribution in [0.3, 0.4) is 0 Å². The Morgan fingerprint density at radius 2 is 1.84 bits per heavy atom. The molecule has 5 nitrogen and oxygen atoms in total. The van der Waals surface area contributed by atoms with Gasteiger partial charge in [-0.3, -0.25) is 0 Å². The van der Waals surface area contributed by atoms with Gasteiger partial charge < -0.3 is 15.3 Å². The normalized spacial score (nSPS) is 11.6. The van der Waals surface area contributed by atoms with Gasteiger partial charge in [-0.15, -0.1) is 0 Å². The van der Waals surface area contributed by atoms with Crippen LogP contribution in [-0.2, 0) is 13.0 Å². The van der Waals surface area contributed by atoms with E-state index in [-0.39, 0.29) is 23.5 Å². The van der Waals surface area contributed by atoms with Gasteiger partial charge in [-0.05, 0) is 48.7 Å². The highest BCUT2D eigenvalue weighted by Crippen LogP contribution is 2.10. The molecule has 0 fully saturated rings. The molecule has 0 spiro atoms. The van der Waals surface area contributed by atoms with E-state index in [1.54, 1.807) is 30.1 Å². The number of nitrogens with one attached hydrogen (secondary N) is 1. The van der Waals surface area contributed by atoms with Crippen molar-refractivity contribution in [2.75, 3.05) is 7.05 Å². The lowest BCUT2D eigenvalue weighted by molar-refractivity contribution is 0.0697.